The largest absolute Gasteiger partial charge is 0.486 e. The Morgan fingerprint density at radius 3 is 2.95 bits per heavy atom. The molecule has 0 amide bonds. The van der Waals surface area contributed by atoms with Crippen molar-refractivity contribution in [1.29, 1.82) is 0 Å². The third kappa shape index (κ3) is 3.44. The third-order valence-electron chi connectivity index (χ3n) is 4.15. The molecule has 0 aliphatic carbocycles. The van der Waals surface area contributed by atoms with Crippen LogP contribution in [-0.4, -0.2) is 41.3 Å². The Morgan fingerprint density at radius 1 is 1.45 bits per heavy atom. The van der Waals surface area contributed by atoms with Crippen molar-refractivity contribution in [2.45, 2.75) is 25.7 Å². The minimum Gasteiger partial charge on any atom is -0.486 e. The fraction of sp³-hybridized carbons (Fsp3) is 0.500. The van der Waals surface area contributed by atoms with Gasteiger partial charge in [0.25, 0.3) is 0 Å². The number of aromatic nitrogens is 1. The minimum absolute atomic E-state index is 0.293. The van der Waals surface area contributed by atoms with E-state index in [-0.39, 0.29) is 5.82 Å². The van der Waals surface area contributed by atoms with Crippen molar-refractivity contribution < 1.29 is 13.7 Å². The molecule has 22 heavy (non-hydrogen) atoms. The minimum atomic E-state index is -0.293. The summed E-state index contributed by atoms with van der Waals surface area (Å²) in [6.45, 7) is 5.33. The first-order chi connectivity index (χ1) is 10.6. The standard InChI is InChI=1S/C16H19FN2O2S/c1-11(22)20-9-8-19-6-4-12(5-7-19)16-14-3-2-13(17)10-15(14)21-18-16/h2-3,10,12H,4-9H2,1H3. The molecule has 3 rings (SSSR count). The number of benzene rings is 1. The van der Waals surface area contributed by atoms with Crippen LogP contribution >= 0.6 is 12.2 Å². The molecule has 1 aromatic heterocycles. The van der Waals surface area contributed by atoms with Gasteiger partial charge in [-0.25, -0.2) is 4.39 Å². The number of likely N-dealkylation sites (tertiary alicyclic amines) is 1. The molecule has 1 aliphatic heterocycles. The number of fused-ring (bicyclic) bond motifs is 1. The summed E-state index contributed by atoms with van der Waals surface area (Å²) in [5.74, 6) is 0.0787. The molecule has 6 heteroatoms. The number of nitrogens with zero attached hydrogens (tertiary/aromatic N) is 2. The van der Waals surface area contributed by atoms with E-state index in [4.69, 9.17) is 21.5 Å². The van der Waals surface area contributed by atoms with Gasteiger partial charge in [-0.15, -0.1) is 0 Å². The second-order valence-electron chi connectivity index (χ2n) is 5.66. The van der Waals surface area contributed by atoms with E-state index in [9.17, 15) is 4.39 Å². The maximum atomic E-state index is 13.2. The maximum absolute atomic E-state index is 13.2. The lowest BCUT2D eigenvalue weighted by Crippen LogP contribution is -2.35. The van der Waals surface area contributed by atoms with Crippen LogP contribution in [0.2, 0.25) is 0 Å². The average molecular weight is 322 g/mol. The molecule has 0 atom stereocenters. The summed E-state index contributed by atoms with van der Waals surface area (Å²) in [6.07, 6.45) is 2.05. The van der Waals surface area contributed by atoms with Crippen LogP contribution in [-0.2, 0) is 4.74 Å². The van der Waals surface area contributed by atoms with E-state index >= 15 is 0 Å². The van der Waals surface area contributed by atoms with Gasteiger partial charge in [-0.3, -0.25) is 4.90 Å². The van der Waals surface area contributed by atoms with Crippen LogP contribution in [0.25, 0.3) is 11.0 Å². The summed E-state index contributed by atoms with van der Waals surface area (Å²) in [5.41, 5.74) is 1.49. The van der Waals surface area contributed by atoms with Gasteiger partial charge in [0.2, 0.25) is 0 Å². The van der Waals surface area contributed by atoms with E-state index in [1.54, 1.807) is 13.0 Å². The Kier molecular flexibility index (Phi) is 4.69. The van der Waals surface area contributed by atoms with Gasteiger partial charge in [-0.2, -0.15) is 0 Å². The summed E-state index contributed by atoms with van der Waals surface area (Å²) < 4.78 is 23.8. The molecule has 0 spiro atoms. The fourth-order valence-electron chi connectivity index (χ4n) is 2.97. The van der Waals surface area contributed by atoms with E-state index in [0.29, 0.717) is 23.2 Å². The van der Waals surface area contributed by atoms with Crippen LogP contribution in [0.1, 0.15) is 31.4 Å². The van der Waals surface area contributed by atoms with Gasteiger partial charge in [-0.1, -0.05) is 5.16 Å². The molecule has 0 unspecified atom stereocenters. The predicted molar refractivity (Wildman–Crippen MR) is 86.6 cm³/mol. The summed E-state index contributed by atoms with van der Waals surface area (Å²) in [6, 6.07) is 4.62. The highest BCUT2D eigenvalue weighted by Gasteiger charge is 2.25. The normalized spacial score (nSPS) is 17.0. The lowest BCUT2D eigenvalue weighted by molar-refractivity contribution is 0.169. The highest BCUT2D eigenvalue weighted by Crippen LogP contribution is 2.32. The fourth-order valence-corrected chi connectivity index (χ4v) is 3.06. The molecule has 118 valence electrons. The van der Waals surface area contributed by atoms with Gasteiger partial charge in [0.05, 0.1) is 5.69 Å². The molecular formula is C16H19FN2O2S. The lowest BCUT2D eigenvalue weighted by atomic mass is 9.91. The average Bonchev–Trinajstić information content (AvgIpc) is 2.90. The molecule has 2 heterocycles. The Morgan fingerprint density at radius 2 is 2.23 bits per heavy atom. The number of piperidine rings is 1. The Hall–Kier alpha value is -1.53. The summed E-state index contributed by atoms with van der Waals surface area (Å²) >= 11 is 4.90. The van der Waals surface area contributed by atoms with E-state index in [0.717, 1.165) is 43.6 Å². The molecular weight excluding hydrogens is 303 g/mol. The van der Waals surface area contributed by atoms with Crippen molar-refractivity contribution in [3.8, 4) is 0 Å². The topological polar surface area (TPSA) is 38.5 Å². The Labute approximate surface area is 134 Å². The van der Waals surface area contributed by atoms with E-state index in [2.05, 4.69) is 10.1 Å². The third-order valence-corrected chi connectivity index (χ3v) is 4.27. The van der Waals surface area contributed by atoms with Gasteiger partial charge in [-0.05, 0) is 50.3 Å². The molecule has 4 nitrogen and oxygen atoms in total. The monoisotopic (exact) mass is 322 g/mol. The molecule has 0 radical (unpaired) electrons. The number of rotatable bonds is 4. The number of thiocarbonyl (C=S) groups is 1. The van der Waals surface area contributed by atoms with Crippen molar-refractivity contribution in [2.24, 2.45) is 0 Å². The van der Waals surface area contributed by atoms with Crippen LogP contribution in [0, 0.1) is 5.82 Å². The quantitative estimate of drug-likeness (QED) is 0.806. The first-order valence-electron chi connectivity index (χ1n) is 7.54. The predicted octanol–water partition coefficient (Wildman–Crippen LogP) is 3.51. The lowest BCUT2D eigenvalue weighted by Gasteiger charge is -2.30. The van der Waals surface area contributed by atoms with Crippen LogP contribution in [0.5, 0.6) is 0 Å². The van der Waals surface area contributed by atoms with Crippen molar-refractivity contribution in [3.05, 3.63) is 29.7 Å². The van der Waals surface area contributed by atoms with Crippen molar-refractivity contribution >= 4 is 28.2 Å². The van der Waals surface area contributed by atoms with E-state index < -0.39 is 0 Å². The van der Waals surface area contributed by atoms with E-state index in [1.165, 1.54) is 12.1 Å². The van der Waals surface area contributed by atoms with Crippen molar-refractivity contribution in [2.75, 3.05) is 26.2 Å². The zero-order valence-corrected chi connectivity index (χ0v) is 13.4. The second-order valence-corrected chi connectivity index (χ2v) is 6.24. The molecule has 0 N–H and O–H groups in total. The Bertz CT molecular complexity index is 665. The zero-order chi connectivity index (χ0) is 15.5. The van der Waals surface area contributed by atoms with Gasteiger partial charge in [0.15, 0.2) is 10.6 Å². The number of hydrogen-bond acceptors (Lipinski definition) is 5. The van der Waals surface area contributed by atoms with E-state index in [1.807, 2.05) is 0 Å². The highest BCUT2D eigenvalue weighted by molar-refractivity contribution is 7.80. The second kappa shape index (κ2) is 6.71. The number of halogens is 1. The summed E-state index contributed by atoms with van der Waals surface area (Å²) in [4.78, 5) is 2.37. The van der Waals surface area contributed by atoms with Crippen LogP contribution in [0.4, 0.5) is 4.39 Å². The van der Waals surface area contributed by atoms with Gasteiger partial charge >= 0.3 is 0 Å². The van der Waals surface area contributed by atoms with Gasteiger partial charge in [0.1, 0.15) is 12.4 Å². The van der Waals surface area contributed by atoms with Gasteiger partial charge in [0, 0.05) is 30.8 Å². The van der Waals surface area contributed by atoms with Gasteiger partial charge < -0.3 is 9.26 Å². The maximum Gasteiger partial charge on any atom is 0.170 e. The number of hydrogen-bond donors (Lipinski definition) is 0. The molecule has 0 saturated carbocycles. The molecule has 1 aromatic carbocycles. The summed E-state index contributed by atoms with van der Waals surface area (Å²) in [5, 5.41) is 5.69. The zero-order valence-electron chi connectivity index (χ0n) is 12.5. The molecule has 1 aliphatic rings. The first kappa shape index (κ1) is 15.4. The molecule has 1 fully saturated rings. The Balaban J connectivity index is 1.59. The van der Waals surface area contributed by atoms with Crippen LogP contribution in [0.15, 0.2) is 22.7 Å². The molecule has 0 bridgehead atoms. The smallest absolute Gasteiger partial charge is 0.170 e. The SMILES string of the molecule is CC(=S)OCCN1CCC(c2noc3cc(F)ccc23)CC1. The van der Waals surface area contributed by atoms with Crippen molar-refractivity contribution in [1.82, 2.24) is 10.1 Å². The highest BCUT2D eigenvalue weighted by atomic mass is 32.1. The molecule has 1 saturated heterocycles. The molecule has 2 aromatic rings. The number of ether oxygens (including phenoxy) is 1. The van der Waals surface area contributed by atoms with Crippen LogP contribution < -0.4 is 0 Å². The summed E-state index contributed by atoms with van der Waals surface area (Å²) in [7, 11) is 0. The van der Waals surface area contributed by atoms with Crippen molar-refractivity contribution in [3.63, 3.8) is 0 Å². The first-order valence-corrected chi connectivity index (χ1v) is 7.95. The van der Waals surface area contributed by atoms with Crippen LogP contribution in [0.3, 0.4) is 0 Å².